The van der Waals surface area contributed by atoms with Crippen molar-refractivity contribution in [3.8, 4) is 0 Å². The van der Waals surface area contributed by atoms with Crippen molar-refractivity contribution < 1.29 is 0 Å². The van der Waals surface area contributed by atoms with Gasteiger partial charge in [-0.1, -0.05) is 53.2 Å². The fourth-order valence-electron chi connectivity index (χ4n) is 4.15. The van der Waals surface area contributed by atoms with Crippen LogP contribution in [0, 0.1) is 11.3 Å². The summed E-state index contributed by atoms with van der Waals surface area (Å²) in [6.45, 7) is 27.3. The molecule has 1 saturated heterocycles. The van der Waals surface area contributed by atoms with Crippen molar-refractivity contribution in [1.82, 2.24) is 20.4 Å². The molecule has 4 heteroatoms. The Morgan fingerprint density at radius 3 is 2.37 bits per heavy atom. The molecule has 2 N–H and O–H groups in total. The molecule has 0 aromatic rings. The molecule has 1 atom stereocenters. The minimum Gasteiger partial charge on any atom is -0.315 e. The summed E-state index contributed by atoms with van der Waals surface area (Å²) in [6.07, 6.45) is 4.92. The fraction of sp³-hybridized carbons (Fsp3) is 0.913. The number of nitrogens with one attached hydrogen (secondary N) is 2. The van der Waals surface area contributed by atoms with Gasteiger partial charge < -0.3 is 15.5 Å². The maximum Gasteiger partial charge on any atom is 0.0191 e. The molecule has 1 fully saturated rings. The van der Waals surface area contributed by atoms with Crippen molar-refractivity contribution in [1.29, 1.82) is 0 Å². The second kappa shape index (κ2) is 13.7. The molecule has 1 rings (SSSR count). The van der Waals surface area contributed by atoms with Crippen LogP contribution in [0.2, 0.25) is 0 Å². The first-order chi connectivity index (χ1) is 12.8. The van der Waals surface area contributed by atoms with Crippen LogP contribution in [0.4, 0.5) is 0 Å². The molecule has 0 amide bonds. The van der Waals surface area contributed by atoms with Crippen LogP contribution in [-0.4, -0.2) is 75.2 Å². The molecule has 1 heterocycles. The van der Waals surface area contributed by atoms with Gasteiger partial charge in [-0.2, -0.15) is 0 Å². The van der Waals surface area contributed by atoms with Gasteiger partial charge in [0, 0.05) is 39.3 Å². The lowest BCUT2D eigenvalue weighted by atomic mass is 9.88. The minimum absolute atomic E-state index is 0.327. The molecule has 0 radical (unpaired) electrons. The zero-order valence-corrected chi connectivity index (χ0v) is 19.1. The Balaban J connectivity index is 2.65. The SMILES string of the molecule is C=C(CN1CCNCCCN(CC)CCNCC(CCC)C1)CC(C)(C)C. The summed E-state index contributed by atoms with van der Waals surface area (Å²) in [7, 11) is 0. The van der Waals surface area contributed by atoms with Gasteiger partial charge in [0.1, 0.15) is 0 Å². The van der Waals surface area contributed by atoms with Gasteiger partial charge in [0.05, 0.1) is 0 Å². The van der Waals surface area contributed by atoms with E-state index >= 15 is 0 Å². The summed E-state index contributed by atoms with van der Waals surface area (Å²) < 4.78 is 0. The summed E-state index contributed by atoms with van der Waals surface area (Å²) in [5, 5.41) is 7.41. The fourth-order valence-corrected chi connectivity index (χ4v) is 4.15. The van der Waals surface area contributed by atoms with Crippen LogP contribution in [0.5, 0.6) is 0 Å². The minimum atomic E-state index is 0.327. The predicted octanol–water partition coefficient (Wildman–Crippen LogP) is 3.60. The van der Waals surface area contributed by atoms with E-state index in [1.54, 1.807) is 0 Å². The van der Waals surface area contributed by atoms with Crippen molar-refractivity contribution in [2.75, 3.05) is 65.4 Å². The van der Waals surface area contributed by atoms with Crippen molar-refractivity contribution in [3.05, 3.63) is 12.2 Å². The Kier molecular flexibility index (Phi) is 12.5. The van der Waals surface area contributed by atoms with Gasteiger partial charge in [0.2, 0.25) is 0 Å². The van der Waals surface area contributed by atoms with E-state index in [1.165, 1.54) is 44.5 Å². The molecule has 1 aliphatic heterocycles. The molecule has 4 nitrogen and oxygen atoms in total. The Labute approximate surface area is 170 Å². The van der Waals surface area contributed by atoms with E-state index in [0.717, 1.165) is 58.2 Å². The molecule has 0 spiro atoms. The molecule has 1 aliphatic rings. The van der Waals surface area contributed by atoms with Gasteiger partial charge in [0.25, 0.3) is 0 Å². The summed E-state index contributed by atoms with van der Waals surface area (Å²) in [6, 6.07) is 0. The Hall–Kier alpha value is -0.420. The third-order valence-corrected chi connectivity index (χ3v) is 5.36. The second-order valence-corrected chi connectivity index (χ2v) is 9.62. The summed E-state index contributed by atoms with van der Waals surface area (Å²) in [5.41, 5.74) is 1.71. The van der Waals surface area contributed by atoms with Crippen LogP contribution >= 0.6 is 0 Å². The number of hydrogen-bond donors (Lipinski definition) is 2. The van der Waals surface area contributed by atoms with E-state index in [2.05, 4.69) is 61.6 Å². The number of hydrogen-bond acceptors (Lipinski definition) is 4. The van der Waals surface area contributed by atoms with Gasteiger partial charge >= 0.3 is 0 Å². The average molecular weight is 381 g/mol. The first-order valence-electron chi connectivity index (χ1n) is 11.4. The molecule has 0 aliphatic carbocycles. The van der Waals surface area contributed by atoms with Crippen LogP contribution in [0.3, 0.4) is 0 Å². The van der Waals surface area contributed by atoms with Crippen molar-refractivity contribution >= 4 is 0 Å². The van der Waals surface area contributed by atoms with Crippen LogP contribution in [0.15, 0.2) is 12.2 Å². The monoisotopic (exact) mass is 380 g/mol. The largest absolute Gasteiger partial charge is 0.315 e. The Morgan fingerprint density at radius 2 is 1.70 bits per heavy atom. The molecule has 1 unspecified atom stereocenters. The molecule has 160 valence electrons. The van der Waals surface area contributed by atoms with E-state index in [1.807, 2.05) is 0 Å². The van der Waals surface area contributed by atoms with E-state index in [-0.39, 0.29) is 0 Å². The molecule has 0 aromatic heterocycles. The normalized spacial score (nSPS) is 23.1. The third-order valence-electron chi connectivity index (χ3n) is 5.36. The zero-order valence-electron chi connectivity index (χ0n) is 19.1. The van der Waals surface area contributed by atoms with Gasteiger partial charge in [-0.3, -0.25) is 4.90 Å². The standard InChI is InChI=1S/C23H48N4/c1-7-10-22-18-25-13-15-26(8-2)14-9-11-24-12-16-27(20-22)19-21(3)17-23(4,5)6/h22,24-25H,3,7-20H2,1-2,4-6H3. The van der Waals surface area contributed by atoms with Gasteiger partial charge in [0.15, 0.2) is 0 Å². The molecule has 0 saturated carbocycles. The summed E-state index contributed by atoms with van der Waals surface area (Å²) in [5.74, 6) is 0.732. The maximum atomic E-state index is 4.40. The van der Waals surface area contributed by atoms with E-state index < -0.39 is 0 Å². The Bertz CT molecular complexity index is 388. The maximum absolute atomic E-state index is 4.40. The summed E-state index contributed by atoms with van der Waals surface area (Å²) in [4.78, 5) is 5.21. The molecular weight excluding hydrogens is 332 g/mol. The molecule has 27 heavy (non-hydrogen) atoms. The molecule has 0 aromatic carbocycles. The number of rotatable bonds is 6. The zero-order chi connectivity index (χ0) is 20.1. The number of likely N-dealkylation sites (N-methyl/N-ethyl adjacent to an activating group) is 1. The highest BCUT2D eigenvalue weighted by atomic mass is 15.2. The second-order valence-electron chi connectivity index (χ2n) is 9.62. The molecular formula is C23H48N4. The van der Waals surface area contributed by atoms with Gasteiger partial charge in [-0.05, 0) is 56.8 Å². The van der Waals surface area contributed by atoms with Gasteiger partial charge in [-0.25, -0.2) is 0 Å². The quantitative estimate of drug-likeness (QED) is 0.689. The van der Waals surface area contributed by atoms with Gasteiger partial charge in [-0.15, -0.1) is 0 Å². The lowest BCUT2D eigenvalue weighted by Crippen LogP contribution is -2.42. The van der Waals surface area contributed by atoms with Crippen LogP contribution in [-0.2, 0) is 0 Å². The van der Waals surface area contributed by atoms with Crippen LogP contribution in [0.1, 0.15) is 60.3 Å². The van der Waals surface area contributed by atoms with E-state index in [9.17, 15) is 0 Å². The third kappa shape index (κ3) is 12.6. The van der Waals surface area contributed by atoms with Crippen LogP contribution < -0.4 is 10.6 Å². The molecule has 0 bridgehead atoms. The van der Waals surface area contributed by atoms with E-state index in [4.69, 9.17) is 0 Å². The van der Waals surface area contributed by atoms with Crippen molar-refractivity contribution in [2.24, 2.45) is 11.3 Å². The lowest BCUT2D eigenvalue weighted by molar-refractivity contribution is 0.221. The predicted molar refractivity (Wildman–Crippen MR) is 121 cm³/mol. The highest BCUT2D eigenvalue weighted by Crippen LogP contribution is 2.23. The van der Waals surface area contributed by atoms with Crippen molar-refractivity contribution in [3.63, 3.8) is 0 Å². The highest BCUT2D eigenvalue weighted by molar-refractivity contribution is 5.00. The number of nitrogens with zero attached hydrogens (tertiary/aromatic N) is 2. The first kappa shape index (κ1) is 24.6. The van der Waals surface area contributed by atoms with E-state index in [0.29, 0.717) is 5.41 Å². The van der Waals surface area contributed by atoms with Crippen molar-refractivity contribution in [2.45, 2.75) is 60.3 Å². The smallest absolute Gasteiger partial charge is 0.0191 e. The highest BCUT2D eigenvalue weighted by Gasteiger charge is 2.18. The Morgan fingerprint density at radius 1 is 1.00 bits per heavy atom. The lowest BCUT2D eigenvalue weighted by Gasteiger charge is -2.31. The first-order valence-corrected chi connectivity index (χ1v) is 11.4. The van der Waals surface area contributed by atoms with Crippen LogP contribution in [0.25, 0.3) is 0 Å². The summed E-state index contributed by atoms with van der Waals surface area (Å²) >= 11 is 0. The topological polar surface area (TPSA) is 30.5 Å². The average Bonchev–Trinajstić information content (AvgIpc) is 2.57.